The zero-order chi connectivity index (χ0) is 13.2. The molecule has 3 N–H and O–H groups in total. The second-order valence-electron chi connectivity index (χ2n) is 4.23. The number of aliphatic hydroxyl groups is 1. The zero-order valence-corrected chi connectivity index (χ0v) is 11.6. The summed E-state index contributed by atoms with van der Waals surface area (Å²) in [5.74, 6) is 1.18. The summed E-state index contributed by atoms with van der Waals surface area (Å²) in [6.45, 7) is 2.14. The average Bonchev–Trinajstić information content (AvgIpc) is 2.73. The number of hydrogen-bond donors (Lipinski definition) is 3. The van der Waals surface area contributed by atoms with E-state index >= 15 is 0 Å². The van der Waals surface area contributed by atoms with Crippen LogP contribution in [0.1, 0.15) is 6.92 Å². The summed E-state index contributed by atoms with van der Waals surface area (Å²) in [5.41, 5.74) is 0.366. The maximum atomic E-state index is 10.1. The van der Waals surface area contributed by atoms with Crippen LogP contribution in [0.4, 0.5) is 5.82 Å². The first-order valence-electron chi connectivity index (χ1n) is 5.34. The highest BCUT2D eigenvalue weighted by Crippen LogP contribution is 2.20. The third kappa shape index (κ3) is 3.04. The first-order chi connectivity index (χ1) is 8.52. The van der Waals surface area contributed by atoms with E-state index in [0.29, 0.717) is 29.3 Å². The van der Waals surface area contributed by atoms with E-state index in [1.807, 2.05) is 6.26 Å². The molecule has 0 aliphatic carbocycles. The Morgan fingerprint density at radius 1 is 1.56 bits per heavy atom. The third-order valence-corrected chi connectivity index (χ3v) is 3.43. The van der Waals surface area contributed by atoms with Gasteiger partial charge in [0.15, 0.2) is 11.5 Å². The quantitative estimate of drug-likeness (QED) is 0.723. The lowest BCUT2D eigenvalue weighted by molar-refractivity contribution is 0.0996. The van der Waals surface area contributed by atoms with Gasteiger partial charge in [0.25, 0.3) is 0 Å². The van der Waals surface area contributed by atoms with Gasteiger partial charge in [-0.3, -0.25) is 0 Å². The third-order valence-electron chi connectivity index (χ3n) is 2.35. The number of imidazole rings is 1. The number of H-pyrrole nitrogens is 1. The predicted octanol–water partition coefficient (Wildman–Crippen LogP) is 1.53. The van der Waals surface area contributed by atoms with E-state index in [4.69, 9.17) is 11.6 Å². The molecule has 0 amide bonds. The predicted molar refractivity (Wildman–Crippen MR) is 74.2 cm³/mol. The van der Waals surface area contributed by atoms with Crippen molar-refractivity contribution in [3.63, 3.8) is 0 Å². The highest BCUT2D eigenvalue weighted by atomic mass is 35.5. The Hall–Kier alpha value is -1.05. The topological polar surface area (TPSA) is 86.7 Å². The zero-order valence-electron chi connectivity index (χ0n) is 10.1. The molecule has 0 aliphatic rings. The second kappa shape index (κ2) is 5.29. The Morgan fingerprint density at radius 3 is 3.06 bits per heavy atom. The van der Waals surface area contributed by atoms with Gasteiger partial charge in [0.05, 0.1) is 11.9 Å². The first kappa shape index (κ1) is 13.4. The number of fused-ring (bicyclic) bond motifs is 1. The fourth-order valence-electron chi connectivity index (χ4n) is 1.57. The number of aromatic amines is 1. The molecule has 1 unspecified atom stereocenters. The number of hydrogen-bond acceptors (Lipinski definition) is 6. The average molecular weight is 288 g/mol. The molecule has 2 aromatic heterocycles. The largest absolute Gasteiger partial charge is 0.387 e. The fraction of sp³-hybridized carbons (Fsp3) is 0.500. The van der Waals surface area contributed by atoms with Crippen LogP contribution < -0.4 is 5.32 Å². The molecule has 0 spiro atoms. The van der Waals surface area contributed by atoms with Crippen molar-refractivity contribution in [3.8, 4) is 0 Å². The lowest BCUT2D eigenvalue weighted by Crippen LogP contribution is -2.36. The molecule has 0 fully saturated rings. The van der Waals surface area contributed by atoms with Crippen molar-refractivity contribution in [2.24, 2.45) is 0 Å². The van der Waals surface area contributed by atoms with Crippen LogP contribution in [0, 0.1) is 0 Å². The number of nitrogens with zero attached hydrogens (tertiary/aromatic N) is 3. The maximum Gasteiger partial charge on any atom is 0.226 e. The Labute approximate surface area is 114 Å². The SMILES string of the molecule is CSCC(C)(O)CNc1nc(Cl)nc2nc[nH]c12. The van der Waals surface area contributed by atoms with Crippen LogP contribution in [0.3, 0.4) is 0 Å². The van der Waals surface area contributed by atoms with Gasteiger partial charge in [-0.15, -0.1) is 0 Å². The number of rotatable bonds is 5. The van der Waals surface area contributed by atoms with Crippen LogP contribution in [-0.2, 0) is 0 Å². The molecule has 0 saturated heterocycles. The smallest absolute Gasteiger partial charge is 0.226 e. The molecule has 0 radical (unpaired) electrons. The van der Waals surface area contributed by atoms with Gasteiger partial charge in [0, 0.05) is 12.3 Å². The highest BCUT2D eigenvalue weighted by molar-refractivity contribution is 7.98. The number of anilines is 1. The van der Waals surface area contributed by atoms with Crippen molar-refractivity contribution in [1.82, 2.24) is 19.9 Å². The Bertz CT molecular complexity index is 544. The van der Waals surface area contributed by atoms with Gasteiger partial charge in [-0.05, 0) is 24.8 Å². The Morgan fingerprint density at radius 2 is 2.33 bits per heavy atom. The molecule has 6 nitrogen and oxygen atoms in total. The molecular weight excluding hydrogens is 274 g/mol. The molecular formula is C10H14ClN5OS. The second-order valence-corrected chi connectivity index (χ2v) is 5.43. The van der Waals surface area contributed by atoms with Crippen LogP contribution >= 0.6 is 23.4 Å². The first-order valence-corrected chi connectivity index (χ1v) is 7.11. The minimum Gasteiger partial charge on any atom is -0.387 e. The van der Waals surface area contributed by atoms with E-state index in [2.05, 4.69) is 25.3 Å². The van der Waals surface area contributed by atoms with Crippen molar-refractivity contribution in [2.45, 2.75) is 12.5 Å². The summed E-state index contributed by atoms with van der Waals surface area (Å²) in [6, 6.07) is 0. The number of nitrogens with one attached hydrogen (secondary N) is 2. The molecule has 18 heavy (non-hydrogen) atoms. The molecule has 0 aromatic carbocycles. The van der Waals surface area contributed by atoms with Gasteiger partial charge in [-0.25, -0.2) is 4.98 Å². The Kier molecular flexibility index (Phi) is 3.94. The van der Waals surface area contributed by atoms with Crippen LogP contribution in [0.15, 0.2) is 6.33 Å². The van der Waals surface area contributed by atoms with Crippen molar-refractivity contribution in [1.29, 1.82) is 0 Å². The molecule has 0 bridgehead atoms. The molecule has 0 aliphatic heterocycles. The monoisotopic (exact) mass is 287 g/mol. The van der Waals surface area contributed by atoms with Crippen molar-refractivity contribution in [2.75, 3.05) is 23.9 Å². The van der Waals surface area contributed by atoms with Gasteiger partial charge in [-0.2, -0.15) is 21.7 Å². The summed E-state index contributed by atoms with van der Waals surface area (Å²) in [5, 5.41) is 13.3. The number of aromatic nitrogens is 4. The minimum atomic E-state index is -0.816. The number of halogens is 1. The van der Waals surface area contributed by atoms with Gasteiger partial charge >= 0.3 is 0 Å². The summed E-state index contributed by atoms with van der Waals surface area (Å²) in [6.07, 6.45) is 3.48. The van der Waals surface area contributed by atoms with E-state index in [9.17, 15) is 5.11 Å². The molecule has 98 valence electrons. The van der Waals surface area contributed by atoms with Crippen molar-refractivity contribution >= 4 is 40.3 Å². The highest BCUT2D eigenvalue weighted by Gasteiger charge is 2.20. The van der Waals surface area contributed by atoms with E-state index in [-0.39, 0.29) is 5.28 Å². The normalized spacial score (nSPS) is 14.7. The fourth-order valence-corrected chi connectivity index (χ4v) is 2.46. The summed E-state index contributed by atoms with van der Waals surface area (Å²) in [7, 11) is 0. The maximum absolute atomic E-state index is 10.1. The van der Waals surface area contributed by atoms with Gasteiger partial charge in [0.2, 0.25) is 5.28 Å². The van der Waals surface area contributed by atoms with Crippen LogP contribution in [0.5, 0.6) is 0 Å². The van der Waals surface area contributed by atoms with E-state index in [1.54, 1.807) is 18.7 Å². The van der Waals surface area contributed by atoms with Crippen LogP contribution in [-0.4, -0.2) is 49.2 Å². The minimum absolute atomic E-state index is 0.126. The lowest BCUT2D eigenvalue weighted by Gasteiger charge is -2.22. The van der Waals surface area contributed by atoms with E-state index < -0.39 is 5.60 Å². The van der Waals surface area contributed by atoms with Gasteiger partial charge < -0.3 is 15.4 Å². The van der Waals surface area contributed by atoms with E-state index in [1.165, 1.54) is 6.33 Å². The summed E-state index contributed by atoms with van der Waals surface area (Å²) in [4.78, 5) is 15.0. The van der Waals surface area contributed by atoms with Crippen molar-refractivity contribution < 1.29 is 5.11 Å². The van der Waals surface area contributed by atoms with Gasteiger partial charge in [0.1, 0.15) is 5.52 Å². The van der Waals surface area contributed by atoms with Crippen LogP contribution in [0.25, 0.3) is 11.2 Å². The molecule has 2 rings (SSSR count). The van der Waals surface area contributed by atoms with Crippen molar-refractivity contribution in [3.05, 3.63) is 11.6 Å². The molecule has 1 atom stereocenters. The molecule has 2 aromatic rings. The van der Waals surface area contributed by atoms with E-state index in [0.717, 1.165) is 0 Å². The van der Waals surface area contributed by atoms with Gasteiger partial charge in [-0.1, -0.05) is 0 Å². The standard InChI is InChI=1S/C10H14ClN5OS/c1-10(17,4-18-2)3-12-7-6-8(14-5-13-6)16-9(11)15-7/h5,17H,3-4H2,1-2H3,(H2,12,13,14,15,16). The lowest BCUT2D eigenvalue weighted by atomic mass is 10.1. The molecule has 8 heteroatoms. The molecule has 2 heterocycles. The molecule has 0 saturated carbocycles. The summed E-state index contributed by atoms with van der Waals surface area (Å²) < 4.78 is 0. The number of thioether (sulfide) groups is 1. The Balaban J connectivity index is 2.19. The van der Waals surface area contributed by atoms with Crippen LogP contribution in [0.2, 0.25) is 5.28 Å². The summed E-state index contributed by atoms with van der Waals surface area (Å²) >= 11 is 7.39.